The molecule has 2 aromatic carbocycles. The first-order valence-corrected chi connectivity index (χ1v) is 9.73. The molecule has 1 aliphatic rings. The van der Waals surface area contributed by atoms with Crippen molar-refractivity contribution >= 4 is 11.4 Å². The standard InChI is InChI=1S/C23H31N3/c1-4-20-10-8-9-18(2)23(20)25-22-13-15-26(16-14-22)17-19(3)24-21-11-6-5-7-12-21/h5-12,22,24-25H,3-4,13-17H2,1-2H3. The molecule has 0 radical (unpaired) electrons. The van der Waals surface area contributed by atoms with Crippen molar-refractivity contribution in [3.05, 3.63) is 71.9 Å². The molecule has 0 aliphatic carbocycles. The SMILES string of the molecule is C=C(CN1CCC(Nc2c(C)cccc2CC)CC1)Nc1ccccc1. The Kier molecular flexibility index (Phi) is 6.35. The summed E-state index contributed by atoms with van der Waals surface area (Å²) in [4.78, 5) is 2.50. The molecule has 0 spiro atoms. The molecule has 138 valence electrons. The second-order valence-corrected chi connectivity index (χ2v) is 7.25. The number of rotatable bonds is 7. The highest BCUT2D eigenvalue weighted by Gasteiger charge is 2.20. The van der Waals surface area contributed by atoms with Crippen LogP contribution in [-0.4, -0.2) is 30.6 Å². The number of nitrogens with one attached hydrogen (secondary N) is 2. The van der Waals surface area contributed by atoms with Gasteiger partial charge >= 0.3 is 0 Å². The lowest BCUT2D eigenvalue weighted by Gasteiger charge is -2.34. The summed E-state index contributed by atoms with van der Waals surface area (Å²) in [6.07, 6.45) is 3.43. The Morgan fingerprint density at radius 1 is 1.08 bits per heavy atom. The van der Waals surface area contributed by atoms with E-state index in [1.807, 2.05) is 18.2 Å². The number of hydrogen-bond acceptors (Lipinski definition) is 3. The number of likely N-dealkylation sites (tertiary alicyclic amines) is 1. The van der Waals surface area contributed by atoms with Crippen LogP contribution in [-0.2, 0) is 6.42 Å². The van der Waals surface area contributed by atoms with Gasteiger partial charge in [0, 0.05) is 42.7 Å². The summed E-state index contributed by atoms with van der Waals surface area (Å²) in [7, 11) is 0. The van der Waals surface area contributed by atoms with Crippen LogP contribution in [0, 0.1) is 6.92 Å². The Morgan fingerprint density at radius 2 is 1.81 bits per heavy atom. The van der Waals surface area contributed by atoms with Crippen LogP contribution in [0.15, 0.2) is 60.8 Å². The highest BCUT2D eigenvalue weighted by Crippen LogP contribution is 2.25. The Labute approximate surface area is 158 Å². The van der Waals surface area contributed by atoms with Gasteiger partial charge in [-0.05, 0) is 49.4 Å². The van der Waals surface area contributed by atoms with E-state index in [1.165, 1.54) is 29.7 Å². The van der Waals surface area contributed by atoms with E-state index in [4.69, 9.17) is 0 Å². The minimum absolute atomic E-state index is 0.563. The van der Waals surface area contributed by atoms with Crippen molar-refractivity contribution in [3.63, 3.8) is 0 Å². The molecule has 0 amide bonds. The van der Waals surface area contributed by atoms with Gasteiger partial charge in [-0.1, -0.05) is 49.9 Å². The van der Waals surface area contributed by atoms with E-state index in [2.05, 4.69) is 66.3 Å². The Bertz CT molecular complexity index is 715. The van der Waals surface area contributed by atoms with Crippen molar-refractivity contribution in [2.75, 3.05) is 30.3 Å². The maximum atomic E-state index is 4.20. The van der Waals surface area contributed by atoms with E-state index in [-0.39, 0.29) is 0 Å². The molecule has 0 bridgehead atoms. The van der Waals surface area contributed by atoms with Gasteiger partial charge in [0.1, 0.15) is 0 Å². The summed E-state index contributed by atoms with van der Waals surface area (Å²) in [6.45, 7) is 11.8. The van der Waals surface area contributed by atoms with E-state index in [1.54, 1.807) is 0 Å². The Morgan fingerprint density at radius 3 is 2.50 bits per heavy atom. The van der Waals surface area contributed by atoms with Gasteiger partial charge in [0.15, 0.2) is 0 Å². The molecule has 0 saturated carbocycles. The van der Waals surface area contributed by atoms with Crippen LogP contribution < -0.4 is 10.6 Å². The van der Waals surface area contributed by atoms with Gasteiger partial charge in [-0.25, -0.2) is 0 Å². The van der Waals surface area contributed by atoms with Crippen LogP contribution in [0.2, 0.25) is 0 Å². The maximum Gasteiger partial charge on any atom is 0.0404 e. The molecule has 2 aromatic rings. The number of para-hydroxylation sites is 2. The highest BCUT2D eigenvalue weighted by atomic mass is 15.2. The van der Waals surface area contributed by atoms with Gasteiger partial charge in [0.05, 0.1) is 0 Å². The Balaban J connectivity index is 1.48. The molecule has 0 unspecified atom stereocenters. The third-order valence-electron chi connectivity index (χ3n) is 5.19. The van der Waals surface area contributed by atoms with Crippen molar-refractivity contribution in [2.24, 2.45) is 0 Å². The van der Waals surface area contributed by atoms with E-state index >= 15 is 0 Å². The smallest absolute Gasteiger partial charge is 0.0404 e. The van der Waals surface area contributed by atoms with Gasteiger partial charge < -0.3 is 10.6 Å². The predicted octanol–water partition coefficient (Wildman–Crippen LogP) is 5.06. The topological polar surface area (TPSA) is 27.3 Å². The molecular formula is C23H31N3. The monoisotopic (exact) mass is 349 g/mol. The second kappa shape index (κ2) is 8.91. The number of nitrogens with zero attached hydrogens (tertiary/aromatic N) is 1. The van der Waals surface area contributed by atoms with Crippen LogP contribution in [0.4, 0.5) is 11.4 Å². The van der Waals surface area contributed by atoms with Gasteiger partial charge in [0.25, 0.3) is 0 Å². The van der Waals surface area contributed by atoms with Crippen LogP contribution >= 0.6 is 0 Å². The molecule has 3 nitrogen and oxygen atoms in total. The summed E-state index contributed by atoms with van der Waals surface area (Å²) in [6, 6.07) is 17.4. The summed E-state index contributed by atoms with van der Waals surface area (Å²) in [5.74, 6) is 0. The van der Waals surface area contributed by atoms with Crippen molar-refractivity contribution in [3.8, 4) is 0 Å². The average molecular weight is 350 g/mol. The van der Waals surface area contributed by atoms with Crippen LogP contribution in [0.25, 0.3) is 0 Å². The quantitative estimate of drug-likeness (QED) is 0.731. The number of anilines is 2. The van der Waals surface area contributed by atoms with Crippen molar-refractivity contribution in [1.29, 1.82) is 0 Å². The number of benzene rings is 2. The molecule has 26 heavy (non-hydrogen) atoms. The lowest BCUT2D eigenvalue weighted by atomic mass is 10.0. The highest BCUT2D eigenvalue weighted by molar-refractivity contribution is 5.58. The van der Waals surface area contributed by atoms with E-state index in [9.17, 15) is 0 Å². The summed E-state index contributed by atoms with van der Waals surface area (Å²) < 4.78 is 0. The zero-order chi connectivity index (χ0) is 18.4. The summed E-state index contributed by atoms with van der Waals surface area (Å²) >= 11 is 0. The fourth-order valence-corrected chi connectivity index (χ4v) is 3.70. The van der Waals surface area contributed by atoms with Crippen molar-refractivity contribution < 1.29 is 0 Å². The summed E-state index contributed by atoms with van der Waals surface area (Å²) in [5, 5.41) is 7.23. The molecule has 3 heteroatoms. The molecule has 1 fully saturated rings. The minimum Gasteiger partial charge on any atom is -0.382 e. The number of piperidine rings is 1. The average Bonchev–Trinajstić information content (AvgIpc) is 2.65. The van der Waals surface area contributed by atoms with Crippen molar-refractivity contribution in [1.82, 2.24) is 4.90 Å². The third-order valence-corrected chi connectivity index (χ3v) is 5.19. The Hall–Kier alpha value is -2.26. The molecule has 1 aliphatic heterocycles. The first-order chi connectivity index (χ1) is 12.7. The van der Waals surface area contributed by atoms with E-state index in [0.29, 0.717) is 6.04 Å². The number of hydrogen-bond donors (Lipinski definition) is 2. The first-order valence-electron chi connectivity index (χ1n) is 9.73. The third kappa shape index (κ3) is 4.89. The first kappa shape index (κ1) is 18.5. The molecular weight excluding hydrogens is 318 g/mol. The lowest BCUT2D eigenvalue weighted by molar-refractivity contribution is 0.236. The fourth-order valence-electron chi connectivity index (χ4n) is 3.70. The normalized spacial score (nSPS) is 15.6. The number of aryl methyl sites for hydroxylation is 2. The minimum atomic E-state index is 0.563. The van der Waals surface area contributed by atoms with E-state index < -0.39 is 0 Å². The molecule has 1 heterocycles. The second-order valence-electron chi connectivity index (χ2n) is 7.25. The molecule has 2 N–H and O–H groups in total. The van der Waals surface area contributed by atoms with Crippen LogP contribution in [0.3, 0.4) is 0 Å². The largest absolute Gasteiger partial charge is 0.382 e. The zero-order valence-electron chi connectivity index (χ0n) is 16.1. The van der Waals surface area contributed by atoms with Gasteiger partial charge in [-0.15, -0.1) is 0 Å². The maximum absolute atomic E-state index is 4.20. The molecule has 1 saturated heterocycles. The van der Waals surface area contributed by atoms with E-state index in [0.717, 1.165) is 37.4 Å². The fraction of sp³-hybridized carbons (Fsp3) is 0.391. The van der Waals surface area contributed by atoms with Crippen LogP contribution in [0.1, 0.15) is 30.9 Å². The predicted molar refractivity (Wildman–Crippen MR) is 113 cm³/mol. The van der Waals surface area contributed by atoms with Gasteiger partial charge in [0.2, 0.25) is 0 Å². The van der Waals surface area contributed by atoms with Gasteiger partial charge in [-0.3, -0.25) is 4.90 Å². The molecule has 0 atom stereocenters. The zero-order valence-corrected chi connectivity index (χ0v) is 16.1. The lowest BCUT2D eigenvalue weighted by Crippen LogP contribution is -2.40. The van der Waals surface area contributed by atoms with Crippen LogP contribution in [0.5, 0.6) is 0 Å². The summed E-state index contributed by atoms with van der Waals surface area (Å²) in [5.41, 5.74) is 6.30. The van der Waals surface area contributed by atoms with Crippen molar-refractivity contribution in [2.45, 2.75) is 39.2 Å². The molecule has 3 rings (SSSR count). The van der Waals surface area contributed by atoms with Gasteiger partial charge in [-0.2, -0.15) is 0 Å². The molecule has 0 aromatic heterocycles.